The number of amidine groups is 2. The fraction of sp³-hybridized carbons (Fsp3) is 0.0149. The molecule has 0 saturated heterocycles. The van der Waals surface area contributed by atoms with Crippen molar-refractivity contribution in [1.82, 2.24) is 9.88 Å². The van der Waals surface area contributed by atoms with Crippen LogP contribution in [0, 0.1) is 0 Å². The lowest BCUT2D eigenvalue weighted by Gasteiger charge is -2.25. The Morgan fingerprint density at radius 3 is 1.68 bits per heavy atom. The second kappa shape index (κ2) is 17.1. The van der Waals surface area contributed by atoms with E-state index in [4.69, 9.17) is 14.4 Å². The molecule has 0 fully saturated rings. The zero-order valence-corrected chi connectivity index (χ0v) is 39.1. The summed E-state index contributed by atoms with van der Waals surface area (Å²) >= 11 is 0. The number of benzene rings is 11. The number of rotatable bonds is 8. The highest BCUT2D eigenvalue weighted by Crippen LogP contribution is 2.44. The maximum atomic E-state index is 6.40. The summed E-state index contributed by atoms with van der Waals surface area (Å²) in [5.41, 5.74) is 17.1. The van der Waals surface area contributed by atoms with Gasteiger partial charge in [0.1, 0.15) is 23.2 Å². The van der Waals surface area contributed by atoms with Gasteiger partial charge in [-0.05, 0) is 104 Å². The molecule has 1 aliphatic rings. The standard InChI is InChI=1S/C67H44N4O/c1-4-15-43(16-5-1)45-27-31-48(32-28-45)65-68-66(49-33-29-46(30-34-49)44-17-6-2-7-18-44)70-67(69-65)53-35-37-59(56(41-53)52-36-38-63-57(40-52)55-23-12-13-26-62(55)72-63)71-60-25-14-24-54(47-19-8-3-9-20-47)64(60)58-39-50-21-10-11-22-51(50)42-61(58)71/h1-42,67H,(H,68,69,70). The van der Waals surface area contributed by atoms with Gasteiger partial charge in [-0.15, -0.1) is 0 Å². The number of fused-ring (bicyclic) bond motifs is 7. The molecule has 0 amide bonds. The Balaban J connectivity index is 0.978. The van der Waals surface area contributed by atoms with E-state index < -0.39 is 6.17 Å². The van der Waals surface area contributed by atoms with Crippen LogP contribution in [0.5, 0.6) is 0 Å². The van der Waals surface area contributed by atoms with Gasteiger partial charge in [0, 0.05) is 38.2 Å². The van der Waals surface area contributed by atoms with Gasteiger partial charge in [0.15, 0.2) is 5.84 Å². The number of nitrogens with one attached hydrogen (secondary N) is 1. The molecule has 338 valence electrons. The zero-order chi connectivity index (χ0) is 47.5. The first-order chi connectivity index (χ1) is 35.7. The number of para-hydroxylation sites is 1. The van der Waals surface area contributed by atoms with Crippen molar-refractivity contribution in [2.24, 2.45) is 9.98 Å². The van der Waals surface area contributed by atoms with E-state index in [9.17, 15) is 0 Å². The van der Waals surface area contributed by atoms with Crippen molar-refractivity contribution >= 4 is 66.2 Å². The van der Waals surface area contributed by atoms with Crippen LogP contribution < -0.4 is 5.32 Å². The Hall–Kier alpha value is -9.58. The summed E-state index contributed by atoms with van der Waals surface area (Å²) in [6.07, 6.45) is -0.465. The minimum Gasteiger partial charge on any atom is -0.456 e. The largest absolute Gasteiger partial charge is 0.456 e. The van der Waals surface area contributed by atoms with Crippen LogP contribution in [0.25, 0.3) is 105 Å². The predicted octanol–water partition coefficient (Wildman–Crippen LogP) is 17.0. The molecule has 1 N–H and O–H groups in total. The van der Waals surface area contributed by atoms with Gasteiger partial charge < -0.3 is 14.3 Å². The van der Waals surface area contributed by atoms with Crippen LogP contribution in [0.3, 0.4) is 0 Å². The van der Waals surface area contributed by atoms with E-state index >= 15 is 0 Å². The Morgan fingerprint density at radius 2 is 0.958 bits per heavy atom. The Kier molecular flexibility index (Phi) is 9.85. The van der Waals surface area contributed by atoms with E-state index in [0.29, 0.717) is 5.84 Å². The highest BCUT2D eigenvalue weighted by atomic mass is 16.3. The third kappa shape index (κ3) is 7.18. The van der Waals surface area contributed by atoms with Crippen LogP contribution in [0.1, 0.15) is 22.9 Å². The van der Waals surface area contributed by atoms with Crippen LogP contribution >= 0.6 is 0 Å². The molecule has 14 rings (SSSR count). The quantitative estimate of drug-likeness (QED) is 0.165. The van der Waals surface area contributed by atoms with Crippen molar-refractivity contribution in [3.05, 3.63) is 271 Å². The first-order valence-corrected chi connectivity index (χ1v) is 24.5. The van der Waals surface area contributed by atoms with Gasteiger partial charge in [-0.25, -0.2) is 9.98 Å². The lowest BCUT2D eigenvalue weighted by atomic mass is 9.97. The summed E-state index contributed by atoms with van der Waals surface area (Å²) < 4.78 is 8.87. The van der Waals surface area contributed by atoms with Crippen molar-refractivity contribution in [1.29, 1.82) is 0 Å². The highest BCUT2D eigenvalue weighted by molar-refractivity contribution is 6.19. The third-order valence-electron chi connectivity index (χ3n) is 14.3. The lowest BCUT2D eigenvalue weighted by molar-refractivity contribution is 0.669. The van der Waals surface area contributed by atoms with Crippen LogP contribution in [-0.4, -0.2) is 16.2 Å². The molecule has 11 aromatic carbocycles. The van der Waals surface area contributed by atoms with Crippen LogP contribution in [0.2, 0.25) is 0 Å². The lowest BCUT2D eigenvalue weighted by Crippen LogP contribution is -2.33. The molecule has 1 aliphatic heterocycles. The summed E-state index contributed by atoms with van der Waals surface area (Å²) in [4.78, 5) is 10.7. The predicted molar refractivity (Wildman–Crippen MR) is 299 cm³/mol. The average molecular weight is 921 g/mol. The van der Waals surface area contributed by atoms with Crippen molar-refractivity contribution in [3.63, 3.8) is 0 Å². The fourth-order valence-corrected chi connectivity index (χ4v) is 10.7. The molecule has 0 aliphatic carbocycles. The third-order valence-corrected chi connectivity index (χ3v) is 14.3. The number of aliphatic imine (C=N–C) groups is 2. The Bertz CT molecular complexity index is 4260. The van der Waals surface area contributed by atoms with Gasteiger partial charge in [-0.1, -0.05) is 206 Å². The number of hydrogen-bond donors (Lipinski definition) is 1. The van der Waals surface area contributed by atoms with E-state index in [0.717, 1.165) is 83.4 Å². The molecule has 0 bridgehead atoms. The Morgan fingerprint density at radius 1 is 0.375 bits per heavy atom. The van der Waals surface area contributed by atoms with E-state index in [1.807, 2.05) is 24.3 Å². The minimum absolute atomic E-state index is 0.465. The highest BCUT2D eigenvalue weighted by Gasteiger charge is 2.25. The van der Waals surface area contributed by atoms with Gasteiger partial charge in [-0.3, -0.25) is 0 Å². The topological polar surface area (TPSA) is 54.8 Å². The molecule has 3 heterocycles. The molecule has 1 unspecified atom stereocenters. The zero-order valence-electron chi connectivity index (χ0n) is 39.1. The molecule has 0 spiro atoms. The number of aromatic nitrogens is 1. The van der Waals surface area contributed by atoms with Crippen LogP contribution in [-0.2, 0) is 0 Å². The molecule has 5 nitrogen and oxygen atoms in total. The fourth-order valence-electron chi connectivity index (χ4n) is 10.7. The van der Waals surface area contributed by atoms with Gasteiger partial charge in [0.05, 0.1) is 16.7 Å². The van der Waals surface area contributed by atoms with Gasteiger partial charge in [0.2, 0.25) is 0 Å². The molecule has 2 aromatic heterocycles. The smallest absolute Gasteiger partial charge is 0.159 e. The SMILES string of the molecule is c1ccc(-c2ccc(C3=NC(c4ccc(-n5c6cc7ccccc7cc6c6c(-c7ccccc7)cccc65)c(-c5ccc6oc7ccccc7c6c5)c4)NC(c4ccc(-c5ccccc5)cc4)=N3)cc2)cc1. The molecule has 0 radical (unpaired) electrons. The second-order valence-electron chi connectivity index (χ2n) is 18.6. The first kappa shape index (κ1) is 41.4. The van der Waals surface area contributed by atoms with E-state index in [1.54, 1.807) is 0 Å². The van der Waals surface area contributed by atoms with Crippen LogP contribution in [0.4, 0.5) is 0 Å². The molecule has 5 heteroatoms. The van der Waals surface area contributed by atoms with E-state index in [-0.39, 0.29) is 0 Å². The van der Waals surface area contributed by atoms with Crippen molar-refractivity contribution < 1.29 is 4.42 Å². The molecular formula is C67H44N4O. The second-order valence-corrected chi connectivity index (χ2v) is 18.6. The van der Waals surface area contributed by atoms with E-state index in [2.05, 4.69) is 240 Å². The molecule has 0 saturated carbocycles. The minimum atomic E-state index is -0.465. The van der Waals surface area contributed by atoms with Gasteiger partial charge in [0.25, 0.3) is 0 Å². The van der Waals surface area contributed by atoms with Gasteiger partial charge >= 0.3 is 0 Å². The van der Waals surface area contributed by atoms with E-state index in [1.165, 1.54) is 43.8 Å². The monoisotopic (exact) mass is 920 g/mol. The first-order valence-electron chi connectivity index (χ1n) is 24.5. The summed E-state index contributed by atoms with van der Waals surface area (Å²) in [6.45, 7) is 0. The molecule has 13 aromatic rings. The molecule has 72 heavy (non-hydrogen) atoms. The molecular weight excluding hydrogens is 877 g/mol. The number of nitrogens with zero attached hydrogens (tertiary/aromatic N) is 3. The normalized spacial score (nSPS) is 13.7. The maximum absolute atomic E-state index is 6.40. The van der Waals surface area contributed by atoms with Crippen molar-refractivity contribution in [3.8, 4) is 50.2 Å². The number of furan rings is 1. The maximum Gasteiger partial charge on any atom is 0.159 e. The summed E-state index contributed by atoms with van der Waals surface area (Å²) in [7, 11) is 0. The van der Waals surface area contributed by atoms with Crippen LogP contribution in [0.15, 0.2) is 269 Å². The summed E-state index contributed by atoms with van der Waals surface area (Å²) in [5, 5.41) is 10.8. The van der Waals surface area contributed by atoms with Crippen molar-refractivity contribution in [2.45, 2.75) is 6.17 Å². The van der Waals surface area contributed by atoms with Gasteiger partial charge in [-0.2, -0.15) is 0 Å². The van der Waals surface area contributed by atoms with Crippen molar-refractivity contribution in [2.75, 3.05) is 0 Å². The average Bonchev–Trinajstić information content (AvgIpc) is 4.00. The Labute approximate surface area is 416 Å². The summed E-state index contributed by atoms with van der Waals surface area (Å²) in [6, 6.07) is 90.9. The molecule has 1 atom stereocenters. The number of hydrogen-bond acceptors (Lipinski definition) is 4. The summed E-state index contributed by atoms with van der Waals surface area (Å²) in [5.74, 6) is 1.43.